The molecule has 0 fully saturated rings. The average molecular weight is 531 g/mol. The molecule has 1 aliphatic rings. The summed E-state index contributed by atoms with van der Waals surface area (Å²) in [5, 5.41) is 13.3. The highest BCUT2D eigenvalue weighted by molar-refractivity contribution is 5.99. The monoisotopic (exact) mass is 530 g/mol. The second-order valence-electron chi connectivity index (χ2n) is 9.96. The number of benzene rings is 3. The van der Waals surface area contributed by atoms with E-state index in [1.54, 1.807) is 12.1 Å². The zero-order chi connectivity index (χ0) is 28.1. The first-order valence-electron chi connectivity index (χ1n) is 13.0. The maximum atomic E-state index is 13.1. The number of carbonyl (C=O) groups excluding carboxylic acids is 3. The van der Waals surface area contributed by atoms with Crippen molar-refractivity contribution in [2.45, 2.75) is 45.8 Å². The highest BCUT2D eigenvalue weighted by Crippen LogP contribution is 2.44. The van der Waals surface area contributed by atoms with Gasteiger partial charge in [0.15, 0.2) is 5.78 Å². The van der Waals surface area contributed by atoms with E-state index in [4.69, 9.17) is 9.47 Å². The van der Waals surface area contributed by atoms with E-state index in [9.17, 15) is 19.5 Å². The van der Waals surface area contributed by atoms with Crippen LogP contribution in [0.4, 0.5) is 10.5 Å². The largest absolute Gasteiger partial charge is 0.490 e. The van der Waals surface area contributed by atoms with Gasteiger partial charge in [0.25, 0.3) is 0 Å². The fraction of sp³-hybridized carbons (Fsp3) is 0.323. The molecule has 3 aromatic rings. The molecule has 1 atom stereocenters. The molecule has 2 amide bonds. The summed E-state index contributed by atoms with van der Waals surface area (Å²) in [6.45, 7) is 6.52. The second kappa shape index (κ2) is 12.1. The third kappa shape index (κ3) is 6.46. The predicted octanol–water partition coefficient (Wildman–Crippen LogP) is 5.25. The van der Waals surface area contributed by atoms with Gasteiger partial charge in [0, 0.05) is 24.6 Å². The lowest BCUT2D eigenvalue weighted by Gasteiger charge is -2.29. The Labute approximate surface area is 228 Å². The highest BCUT2D eigenvalue weighted by atomic mass is 16.6. The van der Waals surface area contributed by atoms with Crippen LogP contribution in [0.3, 0.4) is 0 Å². The van der Waals surface area contributed by atoms with Crippen LogP contribution >= 0.6 is 0 Å². The number of nitrogens with zero attached hydrogens (tertiary/aromatic N) is 1. The molecule has 0 aromatic heterocycles. The van der Waals surface area contributed by atoms with E-state index in [1.807, 2.05) is 38.1 Å². The Hall–Kier alpha value is -4.17. The molecule has 2 N–H and O–H groups in total. The van der Waals surface area contributed by atoms with E-state index in [-0.39, 0.29) is 54.7 Å². The van der Waals surface area contributed by atoms with E-state index >= 15 is 0 Å². The third-order valence-electron chi connectivity index (χ3n) is 6.71. The van der Waals surface area contributed by atoms with Gasteiger partial charge in [0.1, 0.15) is 25.1 Å². The zero-order valence-electron chi connectivity index (χ0n) is 22.6. The van der Waals surface area contributed by atoms with Crippen LogP contribution in [-0.2, 0) is 9.53 Å². The van der Waals surface area contributed by atoms with Crippen LogP contribution in [0.25, 0.3) is 11.1 Å². The number of ketones is 1. The molecule has 8 heteroatoms. The number of amides is 2. The fourth-order valence-corrected chi connectivity index (χ4v) is 4.85. The number of aliphatic hydroxyl groups is 1. The Kier molecular flexibility index (Phi) is 8.66. The summed E-state index contributed by atoms with van der Waals surface area (Å²) >= 11 is 0. The Morgan fingerprint density at radius 1 is 0.949 bits per heavy atom. The molecule has 39 heavy (non-hydrogen) atoms. The van der Waals surface area contributed by atoms with E-state index in [0.29, 0.717) is 5.69 Å². The number of nitrogens with one attached hydrogen (secondary N) is 1. The third-order valence-corrected chi connectivity index (χ3v) is 6.71. The van der Waals surface area contributed by atoms with Gasteiger partial charge in [0.05, 0.1) is 12.1 Å². The second-order valence-corrected chi connectivity index (χ2v) is 9.96. The van der Waals surface area contributed by atoms with Crippen LogP contribution in [0.15, 0.2) is 66.7 Å². The number of rotatable bonds is 10. The SMILES string of the molecule is CC(=O)Nc1ccc(OCC(O)CN(C(=O)OCC2c3ccccc3-c3ccccc32)C(C)C)c(C(C)=O)c1. The molecule has 0 aliphatic heterocycles. The lowest BCUT2D eigenvalue weighted by molar-refractivity contribution is -0.114. The molecule has 1 aliphatic carbocycles. The molecule has 0 spiro atoms. The molecular weight excluding hydrogens is 496 g/mol. The summed E-state index contributed by atoms with van der Waals surface area (Å²) < 4.78 is 11.5. The van der Waals surface area contributed by atoms with Crippen molar-refractivity contribution in [3.05, 3.63) is 83.4 Å². The number of Topliss-reactive ketones (excluding diaryl/α,β-unsaturated/α-hetero) is 1. The topological polar surface area (TPSA) is 105 Å². The molecule has 4 rings (SSSR count). The van der Waals surface area contributed by atoms with E-state index in [0.717, 1.165) is 22.3 Å². The van der Waals surface area contributed by atoms with Gasteiger partial charge < -0.3 is 24.8 Å². The summed E-state index contributed by atoms with van der Waals surface area (Å²) in [6.07, 6.45) is -1.54. The number of anilines is 1. The highest BCUT2D eigenvalue weighted by Gasteiger charge is 2.30. The van der Waals surface area contributed by atoms with Crippen LogP contribution < -0.4 is 10.1 Å². The summed E-state index contributed by atoms with van der Waals surface area (Å²) in [5.41, 5.74) is 5.31. The Bertz CT molecular complexity index is 1320. The Balaban J connectivity index is 1.38. The number of aliphatic hydroxyl groups excluding tert-OH is 1. The van der Waals surface area contributed by atoms with Crippen LogP contribution in [0.1, 0.15) is 55.1 Å². The van der Waals surface area contributed by atoms with Gasteiger partial charge in [-0.15, -0.1) is 0 Å². The summed E-state index contributed by atoms with van der Waals surface area (Å²) in [4.78, 5) is 38.0. The van der Waals surface area contributed by atoms with Gasteiger partial charge >= 0.3 is 6.09 Å². The molecule has 0 saturated carbocycles. The van der Waals surface area contributed by atoms with Gasteiger partial charge in [-0.3, -0.25) is 9.59 Å². The van der Waals surface area contributed by atoms with Crippen molar-refractivity contribution in [3.8, 4) is 16.9 Å². The summed E-state index contributed by atoms with van der Waals surface area (Å²) in [7, 11) is 0. The number of ether oxygens (including phenoxy) is 2. The minimum Gasteiger partial charge on any atom is -0.490 e. The Morgan fingerprint density at radius 3 is 2.13 bits per heavy atom. The van der Waals surface area contributed by atoms with Crippen LogP contribution in [0.5, 0.6) is 5.75 Å². The molecule has 8 nitrogen and oxygen atoms in total. The van der Waals surface area contributed by atoms with Crippen molar-refractivity contribution < 1.29 is 29.0 Å². The first kappa shape index (κ1) is 27.9. The molecule has 0 bridgehead atoms. The van der Waals surface area contributed by atoms with Crippen molar-refractivity contribution in [3.63, 3.8) is 0 Å². The van der Waals surface area contributed by atoms with Crippen LogP contribution in [0, 0.1) is 0 Å². The minimum atomic E-state index is -1.03. The van der Waals surface area contributed by atoms with Crippen molar-refractivity contribution in [1.82, 2.24) is 4.90 Å². The average Bonchev–Trinajstić information content (AvgIpc) is 3.22. The number of fused-ring (bicyclic) bond motifs is 3. The van der Waals surface area contributed by atoms with Crippen molar-refractivity contribution in [2.24, 2.45) is 0 Å². The van der Waals surface area contributed by atoms with E-state index in [2.05, 4.69) is 29.6 Å². The summed E-state index contributed by atoms with van der Waals surface area (Å²) in [5.74, 6) is -0.272. The van der Waals surface area contributed by atoms with Crippen LogP contribution in [-0.4, -0.2) is 59.7 Å². The quantitative estimate of drug-likeness (QED) is 0.347. The predicted molar refractivity (Wildman–Crippen MR) is 149 cm³/mol. The normalized spacial score (nSPS) is 12.9. The molecule has 204 valence electrons. The zero-order valence-corrected chi connectivity index (χ0v) is 22.6. The molecule has 0 radical (unpaired) electrons. The maximum Gasteiger partial charge on any atom is 0.410 e. The number of carbonyl (C=O) groups is 3. The van der Waals surface area contributed by atoms with Gasteiger partial charge in [-0.25, -0.2) is 4.79 Å². The van der Waals surface area contributed by atoms with E-state index < -0.39 is 12.2 Å². The van der Waals surface area contributed by atoms with Crippen molar-refractivity contribution >= 4 is 23.5 Å². The lowest BCUT2D eigenvalue weighted by atomic mass is 9.98. The number of hydrogen-bond acceptors (Lipinski definition) is 6. The molecule has 3 aromatic carbocycles. The van der Waals surface area contributed by atoms with Gasteiger partial charge in [0.2, 0.25) is 5.91 Å². The molecule has 0 heterocycles. The lowest BCUT2D eigenvalue weighted by Crippen LogP contribution is -2.44. The maximum absolute atomic E-state index is 13.1. The smallest absolute Gasteiger partial charge is 0.410 e. The van der Waals surface area contributed by atoms with Gasteiger partial charge in [-0.05, 0) is 61.2 Å². The molecule has 1 unspecified atom stereocenters. The summed E-state index contributed by atoms with van der Waals surface area (Å²) in [6, 6.07) is 20.8. The first-order valence-corrected chi connectivity index (χ1v) is 13.0. The standard InChI is InChI=1S/C31H34N2O6/c1-19(2)33(16-23(36)17-38-30-14-13-22(32-21(4)35)15-28(30)20(3)34)31(37)39-18-29-26-11-7-5-9-24(26)25-10-6-8-12-27(25)29/h5-15,19,23,29,36H,16-18H2,1-4H3,(H,32,35). The molecular formula is C31H34N2O6. The first-order chi connectivity index (χ1) is 18.7. The van der Waals surface area contributed by atoms with E-state index in [1.165, 1.54) is 24.8 Å². The minimum absolute atomic E-state index is 0.00623. The number of hydrogen-bond donors (Lipinski definition) is 2. The van der Waals surface area contributed by atoms with Crippen molar-refractivity contribution in [1.29, 1.82) is 0 Å². The van der Waals surface area contributed by atoms with Crippen molar-refractivity contribution in [2.75, 3.05) is 25.1 Å². The van der Waals surface area contributed by atoms with Gasteiger partial charge in [-0.2, -0.15) is 0 Å². The van der Waals surface area contributed by atoms with Gasteiger partial charge in [-0.1, -0.05) is 48.5 Å². The Morgan fingerprint density at radius 2 is 1.56 bits per heavy atom. The fourth-order valence-electron chi connectivity index (χ4n) is 4.85. The van der Waals surface area contributed by atoms with Crippen LogP contribution in [0.2, 0.25) is 0 Å². The molecule has 0 saturated heterocycles.